The molecule has 14 heavy (non-hydrogen) atoms. The Labute approximate surface area is 85.4 Å². The van der Waals surface area contributed by atoms with Crippen molar-refractivity contribution in [1.82, 2.24) is 0 Å². The summed E-state index contributed by atoms with van der Waals surface area (Å²) in [4.78, 5) is 10.2. The normalized spacial score (nSPS) is 12.4. The number of unbranched alkanes of at least 4 members (excludes halogenated alkanes) is 5. The SMILES string of the molecule is C=CCCCCCCC[C@@H](O)C(=O)O. The van der Waals surface area contributed by atoms with Crippen LogP contribution in [0.5, 0.6) is 0 Å². The highest BCUT2D eigenvalue weighted by Gasteiger charge is 2.11. The molecule has 0 fully saturated rings. The van der Waals surface area contributed by atoms with E-state index in [-0.39, 0.29) is 0 Å². The molecular weight excluding hydrogens is 180 g/mol. The molecule has 0 aromatic rings. The minimum absolute atomic E-state index is 0.372. The molecule has 0 aromatic carbocycles. The smallest absolute Gasteiger partial charge is 0.332 e. The van der Waals surface area contributed by atoms with Gasteiger partial charge in [-0.3, -0.25) is 0 Å². The maximum absolute atomic E-state index is 10.2. The zero-order valence-corrected chi connectivity index (χ0v) is 8.61. The lowest BCUT2D eigenvalue weighted by atomic mass is 10.1. The first-order chi connectivity index (χ1) is 6.68. The molecule has 0 radical (unpaired) electrons. The number of carboxylic acids is 1. The number of aliphatic hydroxyl groups excluding tert-OH is 1. The molecule has 3 heteroatoms. The Balaban J connectivity index is 3.13. The molecule has 0 unspecified atom stereocenters. The fourth-order valence-corrected chi connectivity index (χ4v) is 1.28. The van der Waals surface area contributed by atoms with Gasteiger partial charge in [-0.15, -0.1) is 6.58 Å². The maximum atomic E-state index is 10.2. The lowest BCUT2D eigenvalue weighted by Crippen LogP contribution is -2.18. The first-order valence-corrected chi connectivity index (χ1v) is 5.20. The lowest BCUT2D eigenvalue weighted by Gasteiger charge is -2.04. The molecule has 0 bridgehead atoms. The van der Waals surface area contributed by atoms with Gasteiger partial charge in [0.2, 0.25) is 0 Å². The maximum Gasteiger partial charge on any atom is 0.332 e. The molecule has 2 N–H and O–H groups in total. The summed E-state index contributed by atoms with van der Waals surface area (Å²) in [5, 5.41) is 17.3. The third kappa shape index (κ3) is 7.80. The van der Waals surface area contributed by atoms with Crippen molar-refractivity contribution in [3.63, 3.8) is 0 Å². The van der Waals surface area contributed by atoms with Crippen molar-refractivity contribution in [2.24, 2.45) is 0 Å². The summed E-state index contributed by atoms with van der Waals surface area (Å²) >= 11 is 0. The van der Waals surface area contributed by atoms with Crippen molar-refractivity contribution in [2.45, 2.75) is 51.0 Å². The Morgan fingerprint density at radius 3 is 2.36 bits per heavy atom. The molecule has 3 nitrogen and oxygen atoms in total. The van der Waals surface area contributed by atoms with Crippen molar-refractivity contribution in [2.75, 3.05) is 0 Å². The molecule has 0 saturated carbocycles. The summed E-state index contributed by atoms with van der Waals surface area (Å²) in [5.41, 5.74) is 0. The van der Waals surface area contributed by atoms with Gasteiger partial charge in [-0.1, -0.05) is 31.8 Å². The fraction of sp³-hybridized carbons (Fsp3) is 0.727. The topological polar surface area (TPSA) is 57.5 Å². The molecule has 0 heterocycles. The fourth-order valence-electron chi connectivity index (χ4n) is 1.28. The van der Waals surface area contributed by atoms with Gasteiger partial charge in [-0.05, 0) is 19.3 Å². The van der Waals surface area contributed by atoms with Crippen LogP contribution in [0.15, 0.2) is 12.7 Å². The average Bonchev–Trinajstić information content (AvgIpc) is 2.16. The quantitative estimate of drug-likeness (QED) is 0.443. The van der Waals surface area contributed by atoms with Crippen molar-refractivity contribution >= 4 is 5.97 Å². The van der Waals surface area contributed by atoms with Crippen LogP contribution in [0.4, 0.5) is 0 Å². The van der Waals surface area contributed by atoms with Crippen LogP contribution in [0.1, 0.15) is 44.9 Å². The summed E-state index contributed by atoms with van der Waals surface area (Å²) in [7, 11) is 0. The van der Waals surface area contributed by atoms with Crippen LogP contribution in [0.3, 0.4) is 0 Å². The van der Waals surface area contributed by atoms with E-state index in [1.165, 1.54) is 0 Å². The second-order valence-corrected chi connectivity index (χ2v) is 3.49. The highest BCUT2D eigenvalue weighted by atomic mass is 16.4. The zero-order chi connectivity index (χ0) is 10.8. The lowest BCUT2D eigenvalue weighted by molar-refractivity contribution is -0.146. The molecule has 0 aliphatic heterocycles. The number of aliphatic carboxylic acids is 1. The molecule has 0 rings (SSSR count). The van der Waals surface area contributed by atoms with Gasteiger partial charge in [0.15, 0.2) is 6.10 Å². The van der Waals surface area contributed by atoms with Crippen LogP contribution < -0.4 is 0 Å². The minimum Gasteiger partial charge on any atom is -0.479 e. The molecule has 0 aliphatic carbocycles. The van der Waals surface area contributed by atoms with E-state index in [4.69, 9.17) is 10.2 Å². The van der Waals surface area contributed by atoms with Gasteiger partial charge in [0, 0.05) is 0 Å². The Hall–Kier alpha value is -0.830. The molecule has 0 aromatic heterocycles. The van der Waals surface area contributed by atoms with Gasteiger partial charge in [-0.2, -0.15) is 0 Å². The molecular formula is C11H20O3. The monoisotopic (exact) mass is 200 g/mol. The summed E-state index contributed by atoms with van der Waals surface area (Å²) in [5.74, 6) is -1.11. The summed E-state index contributed by atoms with van der Waals surface area (Å²) < 4.78 is 0. The number of allylic oxidation sites excluding steroid dienone is 1. The highest BCUT2D eigenvalue weighted by molar-refractivity contribution is 5.71. The number of hydrogen-bond donors (Lipinski definition) is 2. The largest absolute Gasteiger partial charge is 0.479 e. The van der Waals surface area contributed by atoms with Crippen LogP contribution in [-0.4, -0.2) is 22.3 Å². The second kappa shape index (κ2) is 8.75. The van der Waals surface area contributed by atoms with E-state index in [1.54, 1.807) is 0 Å². The van der Waals surface area contributed by atoms with E-state index in [0.717, 1.165) is 38.5 Å². The van der Waals surface area contributed by atoms with Crippen molar-refractivity contribution in [3.05, 3.63) is 12.7 Å². The number of hydrogen-bond acceptors (Lipinski definition) is 2. The Bertz CT molecular complexity index is 166. The molecule has 0 spiro atoms. The summed E-state index contributed by atoms with van der Waals surface area (Å²) in [6.07, 6.45) is 7.38. The number of aliphatic hydroxyl groups is 1. The van der Waals surface area contributed by atoms with E-state index in [2.05, 4.69) is 6.58 Å². The van der Waals surface area contributed by atoms with Gasteiger partial charge in [0.05, 0.1) is 0 Å². The molecule has 0 aliphatic rings. The molecule has 82 valence electrons. The Morgan fingerprint density at radius 1 is 1.21 bits per heavy atom. The number of carboxylic acid groups (broad SMARTS) is 1. The average molecular weight is 200 g/mol. The van der Waals surface area contributed by atoms with Crippen LogP contribution in [0.2, 0.25) is 0 Å². The predicted octanol–water partition coefficient (Wildman–Crippen LogP) is 2.35. The van der Waals surface area contributed by atoms with E-state index < -0.39 is 12.1 Å². The van der Waals surface area contributed by atoms with E-state index in [0.29, 0.717) is 6.42 Å². The molecule has 0 amide bonds. The van der Waals surface area contributed by atoms with Gasteiger partial charge in [0.1, 0.15) is 0 Å². The highest BCUT2D eigenvalue weighted by Crippen LogP contribution is 2.08. The van der Waals surface area contributed by atoms with Gasteiger partial charge >= 0.3 is 5.97 Å². The molecule has 0 saturated heterocycles. The first kappa shape index (κ1) is 13.2. The Kier molecular flexibility index (Phi) is 8.24. The third-order valence-electron chi connectivity index (χ3n) is 2.17. The van der Waals surface area contributed by atoms with Crippen LogP contribution in [0, 0.1) is 0 Å². The standard InChI is InChI=1S/C11H20O3/c1-2-3-4-5-6-7-8-9-10(12)11(13)14/h2,10,12H,1,3-9H2,(H,13,14)/t10-/m1/s1. The zero-order valence-electron chi connectivity index (χ0n) is 8.61. The van der Waals surface area contributed by atoms with Gasteiger partial charge < -0.3 is 10.2 Å². The second-order valence-electron chi connectivity index (χ2n) is 3.49. The predicted molar refractivity (Wildman–Crippen MR) is 56.2 cm³/mol. The van der Waals surface area contributed by atoms with E-state index in [9.17, 15) is 4.79 Å². The van der Waals surface area contributed by atoms with Crippen LogP contribution >= 0.6 is 0 Å². The van der Waals surface area contributed by atoms with Crippen LogP contribution in [-0.2, 0) is 4.79 Å². The van der Waals surface area contributed by atoms with Gasteiger partial charge in [0.25, 0.3) is 0 Å². The summed E-state index contributed by atoms with van der Waals surface area (Å²) in [6, 6.07) is 0. The molecule has 1 atom stereocenters. The number of carbonyl (C=O) groups is 1. The van der Waals surface area contributed by atoms with E-state index >= 15 is 0 Å². The van der Waals surface area contributed by atoms with Crippen molar-refractivity contribution in [1.29, 1.82) is 0 Å². The summed E-state index contributed by atoms with van der Waals surface area (Å²) in [6.45, 7) is 3.64. The van der Waals surface area contributed by atoms with Crippen molar-refractivity contribution in [3.8, 4) is 0 Å². The number of rotatable bonds is 9. The first-order valence-electron chi connectivity index (χ1n) is 5.20. The van der Waals surface area contributed by atoms with Crippen LogP contribution in [0.25, 0.3) is 0 Å². The minimum atomic E-state index is -1.18. The van der Waals surface area contributed by atoms with Gasteiger partial charge in [-0.25, -0.2) is 4.79 Å². The third-order valence-corrected chi connectivity index (χ3v) is 2.17. The Morgan fingerprint density at radius 2 is 1.79 bits per heavy atom. The van der Waals surface area contributed by atoms with E-state index in [1.807, 2.05) is 6.08 Å². The van der Waals surface area contributed by atoms with Crippen molar-refractivity contribution < 1.29 is 15.0 Å².